The second-order valence-electron chi connectivity index (χ2n) is 4.64. The van der Waals surface area contributed by atoms with Gasteiger partial charge < -0.3 is 15.7 Å². The van der Waals surface area contributed by atoms with E-state index in [4.69, 9.17) is 5.11 Å². The predicted molar refractivity (Wildman–Crippen MR) is 78.0 cm³/mol. The van der Waals surface area contributed by atoms with E-state index in [1.165, 1.54) is 0 Å². The second-order valence-corrected chi connectivity index (χ2v) is 4.64. The van der Waals surface area contributed by atoms with Gasteiger partial charge in [0.1, 0.15) is 0 Å². The summed E-state index contributed by atoms with van der Waals surface area (Å²) >= 11 is 0. The van der Waals surface area contributed by atoms with Gasteiger partial charge in [-0.05, 0) is 31.0 Å². The molecule has 2 aromatic rings. The van der Waals surface area contributed by atoms with E-state index in [1.807, 2.05) is 31.2 Å². The lowest BCUT2D eigenvalue weighted by Crippen LogP contribution is -2.37. The Balaban J connectivity index is 1.90. The van der Waals surface area contributed by atoms with E-state index in [-0.39, 0.29) is 18.7 Å². The molecule has 7 nitrogen and oxygen atoms in total. The minimum absolute atomic E-state index is 0.0690. The second kappa shape index (κ2) is 7.39. The molecule has 112 valence electrons. The highest BCUT2D eigenvalue weighted by molar-refractivity contribution is 5.74. The molecule has 0 saturated carbocycles. The Morgan fingerprint density at radius 2 is 2.14 bits per heavy atom. The zero-order chi connectivity index (χ0) is 15.1. The van der Waals surface area contributed by atoms with Crippen molar-refractivity contribution in [2.45, 2.75) is 19.4 Å². The van der Waals surface area contributed by atoms with Gasteiger partial charge in [0.15, 0.2) is 0 Å². The van der Waals surface area contributed by atoms with Gasteiger partial charge in [-0.1, -0.05) is 17.3 Å². The fourth-order valence-corrected chi connectivity index (χ4v) is 1.87. The van der Waals surface area contributed by atoms with Crippen molar-refractivity contribution < 1.29 is 9.90 Å². The lowest BCUT2D eigenvalue weighted by Gasteiger charge is -2.15. The van der Waals surface area contributed by atoms with Crippen molar-refractivity contribution in [2.75, 3.05) is 13.2 Å². The van der Waals surface area contributed by atoms with E-state index < -0.39 is 0 Å². The van der Waals surface area contributed by atoms with Crippen LogP contribution in [0.25, 0.3) is 5.69 Å². The molecule has 3 N–H and O–H groups in total. The highest BCUT2D eigenvalue weighted by Gasteiger charge is 2.09. The molecule has 0 aliphatic rings. The Morgan fingerprint density at radius 3 is 2.76 bits per heavy atom. The van der Waals surface area contributed by atoms with E-state index in [0.717, 1.165) is 11.3 Å². The molecular weight excluding hydrogens is 270 g/mol. The van der Waals surface area contributed by atoms with Crippen LogP contribution in [0.3, 0.4) is 0 Å². The molecule has 0 bridgehead atoms. The lowest BCUT2D eigenvalue weighted by molar-refractivity contribution is 0.235. The molecule has 1 heterocycles. The summed E-state index contributed by atoms with van der Waals surface area (Å²) in [6.45, 7) is 2.44. The number of carbonyl (C=O) groups is 1. The van der Waals surface area contributed by atoms with Crippen molar-refractivity contribution in [1.29, 1.82) is 0 Å². The highest BCUT2D eigenvalue weighted by atomic mass is 16.3. The Labute approximate surface area is 123 Å². The monoisotopic (exact) mass is 289 g/mol. The molecular formula is C14H19N5O2. The van der Waals surface area contributed by atoms with Crippen molar-refractivity contribution in [3.8, 4) is 5.69 Å². The number of aliphatic hydroxyl groups excluding tert-OH is 1. The summed E-state index contributed by atoms with van der Waals surface area (Å²) in [7, 11) is 0. The molecule has 1 atom stereocenters. The third-order valence-electron chi connectivity index (χ3n) is 3.05. The first-order valence-corrected chi connectivity index (χ1v) is 6.82. The third kappa shape index (κ3) is 4.28. The summed E-state index contributed by atoms with van der Waals surface area (Å²) < 4.78 is 1.67. The number of benzene rings is 1. The number of nitrogens with zero attached hydrogens (tertiary/aromatic N) is 3. The molecule has 1 aromatic carbocycles. The number of aliphatic hydroxyl groups is 1. The summed E-state index contributed by atoms with van der Waals surface area (Å²) in [6, 6.07) is 7.38. The number of hydrogen-bond donors (Lipinski definition) is 3. The van der Waals surface area contributed by atoms with E-state index in [0.29, 0.717) is 13.0 Å². The van der Waals surface area contributed by atoms with Crippen LogP contribution < -0.4 is 10.6 Å². The quantitative estimate of drug-likeness (QED) is 0.692. The maximum absolute atomic E-state index is 11.6. The maximum atomic E-state index is 11.6. The number of urea groups is 1. The Hall–Kier alpha value is -2.41. The van der Waals surface area contributed by atoms with Gasteiger partial charge in [0.05, 0.1) is 24.1 Å². The van der Waals surface area contributed by atoms with Crippen LogP contribution in [0.2, 0.25) is 0 Å². The van der Waals surface area contributed by atoms with Crippen LogP contribution >= 0.6 is 0 Å². The predicted octanol–water partition coefficient (Wildman–Crippen LogP) is 1.01. The molecule has 0 aliphatic heterocycles. The smallest absolute Gasteiger partial charge is 0.315 e. The Morgan fingerprint density at radius 1 is 1.38 bits per heavy atom. The number of rotatable bonds is 6. The molecule has 2 amide bonds. The standard InChI is InChI=1S/C14H19N5O2/c1-11(17-14(21)15-7-2-10-20)12-3-5-13(6-4-12)19-9-8-16-18-19/h3-6,8-9,11,20H,2,7,10H2,1H3,(H2,15,17,21). The van der Waals surface area contributed by atoms with Crippen molar-refractivity contribution >= 4 is 6.03 Å². The molecule has 21 heavy (non-hydrogen) atoms. The zero-order valence-corrected chi connectivity index (χ0v) is 11.9. The first-order chi connectivity index (χ1) is 10.2. The van der Waals surface area contributed by atoms with E-state index in [1.54, 1.807) is 17.1 Å². The van der Waals surface area contributed by atoms with Gasteiger partial charge in [0, 0.05) is 13.2 Å². The third-order valence-corrected chi connectivity index (χ3v) is 3.05. The van der Waals surface area contributed by atoms with E-state index >= 15 is 0 Å². The van der Waals surface area contributed by atoms with Crippen molar-refractivity contribution in [2.24, 2.45) is 0 Å². The average molecular weight is 289 g/mol. The van der Waals surface area contributed by atoms with Crippen molar-refractivity contribution in [1.82, 2.24) is 25.6 Å². The van der Waals surface area contributed by atoms with Crippen molar-refractivity contribution in [3.63, 3.8) is 0 Å². The molecule has 0 spiro atoms. The summed E-state index contributed by atoms with van der Waals surface area (Å²) in [6.07, 6.45) is 3.94. The minimum Gasteiger partial charge on any atom is -0.396 e. The lowest BCUT2D eigenvalue weighted by atomic mass is 10.1. The van der Waals surface area contributed by atoms with Gasteiger partial charge in [-0.3, -0.25) is 0 Å². The topological polar surface area (TPSA) is 92.1 Å². The van der Waals surface area contributed by atoms with Gasteiger partial charge in [-0.2, -0.15) is 0 Å². The normalized spacial score (nSPS) is 11.9. The molecule has 2 rings (SSSR count). The molecule has 0 aliphatic carbocycles. The highest BCUT2D eigenvalue weighted by Crippen LogP contribution is 2.14. The number of aromatic nitrogens is 3. The summed E-state index contributed by atoms with van der Waals surface area (Å²) in [5.74, 6) is 0. The van der Waals surface area contributed by atoms with Gasteiger partial charge >= 0.3 is 6.03 Å². The largest absolute Gasteiger partial charge is 0.396 e. The SMILES string of the molecule is CC(NC(=O)NCCCO)c1ccc(-n2ccnn2)cc1. The van der Waals surface area contributed by atoms with Crippen LogP contribution in [0.5, 0.6) is 0 Å². The number of amides is 2. The van der Waals surface area contributed by atoms with E-state index in [9.17, 15) is 4.79 Å². The van der Waals surface area contributed by atoms with Crippen LogP contribution in [0.1, 0.15) is 24.9 Å². The summed E-state index contributed by atoms with van der Waals surface area (Å²) in [5, 5.41) is 21.9. The number of carbonyl (C=O) groups excluding carboxylic acids is 1. The van der Waals surface area contributed by atoms with Crippen molar-refractivity contribution in [3.05, 3.63) is 42.2 Å². The average Bonchev–Trinajstić information content (AvgIpc) is 3.02. The fraction of sp³-hybridized carbons (Fsp3) is 0.357. The maximum Gasteiger partial charge on any atom is 0.315 e. The first kappa shape index (κ1) is 15.0. The van der Waals surface area contributed by atoms with Gasteiger partial charge in [0.2, 0.25) is 0 Å². The van der Waals surface area contributed by atoms with E-state index in [2.05, 4.69) is 20.9 Å². The fourth-order valence-electron chi connectivity index (χ4n) is 1.87. The summed E-state index contributed by atoms with van der Waals surface area (Å²) in [5.41, 5.74) is 1.91. The molecule has 0 radical (unpaired) electrons. The molecule has 0 fully saturated rings. The molecule has 1 aromatic heterocycles. The van der Waals surface area contributed by atoms with Crippen LogP contribution in [-0.2, 0) is 0 Å². The first-order valence-electron chi connectivity index (χ1n) is 6.82. The molecule has 1 unspecified atom stereocenters. The zero-order valence-electron chi connectivity index (χ0n) is 11.9. The number of nitrogens with one attached hydrogen (secondary N) is 2. The van der Waals surface area contributed by atoms with Crippen LogP contribution in [0, 0.1) is 0 Å². The number of hydrogen-bond acceptors (Lipinski definition) is 4. The minimum atomic E-state index is -0.240. The molecule has 7 heteroatoms. The summed E-state index contributed by atoms with van der Waals surface area (Å²) in [4.78, 5) is 11.6. The van der Waals surface area contributed by atoms with Gasteiger partial charge in [-0.15, -0.1) is 5.10 Å². The van der Waals surface area contributed by atoms with Gasteiger partial charge in [0.25, 0.3) is 0 Å². The van der Waals surface area contributed by atoms with Crippen LogP contribution in [0.15, 0.2) is 36.7 Å². The van der Waals surface area contributed by atoms with Crippen LogP contribution in [0.4, 0.5) is 4.79 Å². The molecule has 0 saturated heterocycles. The Bertz CT molecular complexity index is 553. The Kier molecular flexibility index (Phi) is 5.28. The van der Waals surface area contributed by atoms with Gasteiger partial charge in [-0.25, -0.2) is 9.48 Å². The van der Waals surface area contributed by atoms with Crippen LogP contribution in [-0.4, -0.2) is 39.3 Å².